The van der Waals surface area contributed by atoms with Gasteiger partial charge in [-0.25, -0.2) is 0 Å². The fourth-order valence-electron chi connectivity index (χ4n) is 1.29. The van der Waals surface area contributed by atoms with Crippen LogP contribution in [0.5, 0.6) is 0 Å². The van der Waals surface area contributed by atoms with E-state index in [1.807, 2.05) is 0 Å². The third-order valence-corrected chi connectivity index (χ3v) is 3.52. The summed E-state index contributed by atoms with van der Waals surface area (Å²) in [6, 6.07) is 0. The molecular weight excluding hydrogens is 224 g/mol. The van der Waals surface area contributed by atoms with Crippen molar-refractivity contribution < 1.29 is 9.47 Å². The van der Waals surface area contributed by atoms with Gasteiger partial charge in [-0.15, -0.1) is 0 Å². The Morgan fingerprint density at radius 2 is 2.19 bits per heavy atom. The minimum atomic E-state index is 0.193. The number of amidine groups is 1. The van der Waals surface area contributed by atoms with E-state index in [-0.39, 0.29) is 5.54 Å². The third kappa shape index (κ3) is 5.72. The quantitative estimate of drug-likeness (QED) is 0.692. The van der Waals surface area contributed by atoms with E-state index in [1.54, 1.807) is 18.9 Å². The molecule has 0 radical (unpaired) electrons. The average Bonchev–Trinajstić information content (AvgIpc) is 2.57. The van der Waals surface area contributed by atoms with Crippen LogP contribution in [-0.2, 0) is 9.47 Å². The zero-order valence-electron chi connectivity index (χ0n) is 10.4. The van der Waals surface area contributed by atoms with Crippen LogP contribution in [0.4, 0.5) is 0 Å². The van der Waals surface area contributed by atoms with E-state index < -0.39 is 0 Å². The number of nitrogens with one attached hydrogen (secondary N) is 1. The number of rotatable bonds is 7. The highest BCUT2D eigenvalue weighted by Crippen LogP contribution is 2.21. The number of thioether (sulfide) groups is 1. The van der Waals surface area contributed by atoms with Crippen LogP contribution in [0, 0.1) is 0 Å². The molecule has 0 bridgehead atoms. The van der Waals surface area contributed by atoms with Crippen LogP contribution < -0.4 is 5.32 Å². The van der Waals surface area contributed by atoms with Crippen molar-refractivity contribution in [3.8, 4) is 0 Å². The van der Waals surface area contributed by atoms with Crippen LogP contribution in [0.2, 0.25) is 0 Å². The monoisotopic (exact) mass is 246 g/mol. The number of methoxy groups -OCH3 is 1. The second-order valence-electron chi connectivity index (χ2n) is 4.44. The van der Waals surface area contributed by atoms with Crippen LogP contribution in [0.15, 0.2) is 4.99 Å². The number of nitrogens with zero attached hydrogens (tertiary/aromatic N) is 1. The maximum Gasteiger partial charge on any atom is 0.157 e. The highest BCUT2D eigenvalue weighted by molar-refractivity contribution is 8.14. The molecule has 1 N–H and O–H groups in total. The molecule has 4 nitrogen and oxygen atoms in total. The molecule has 0 aromatic heterocycles. The lowest BCUT2D eigenvalue weighted by Gasteiger charge is -2.15. The summed E-state index contributed by atoms with van der Waals surface area (Å²) < 4.78 is 10.2. The molecule has 0 amide bonds. The normalized spacial score (nSPS) is 21.3. The first-order valence-electron chi connectivity index (χ1n) is 5.66. The van der Waals surface area contributed by atoms with Gasteiger partial charge >= 0.3 is 0 Å². The second-order valence-corrected chi connectivity index (χ2v) is 5.41. The van der Waals surface area contributed by atoms with Gasteiger partial charge in [0.25, 0.3) is 0 Å². The van der Waals surface area contributed by atoms with Gasteiger partial charge in [0.05, 0.1) is 13.2 Å². The van der Waals surface area contributed by atoms with Crippen molar-refractivity contribution in [2.24, 2.45) is 4.99 Å². The van der Waals surface area contributed by atoms with E-state index in [1.165, 1.54) is 0 Å². The first kappa shape index (κ1) is 13.8. The molecule has 0 saturated carbocycles. The highest BCUT2D eigenvalue weighted by Gasteiger charge is 2.26. The van der Waals surface area contributed by atoms with E-state index in [2.05, 4.69) is 24.2 Å². The molecule has 0 aliphatic carbocycles. The Morgan fingerprint density at radius 1 is 1.38 bits per heavy atom. The molecule has 1 saturated heterocycles. The van der Waals surface area contributed by atoms with Crippen LogP contribution in [0.25, 0.3) is 0 Å². The van der Waals surface area contributed by atoms with Crippen LogP contribution >= 0.6 is 11.8 Å². The van der Waals surface area contributed by atoms with E-state index in [0.717, 1.165) is 30.5 Å². The summed E-state index contributed by atoms with van der Waals surface area (Å²) in [5.41, 5.74) is 0.193. The Bertz CT molecular complexity index is 232. The van der Waals surface area contributed by atoms with Crippen molar-refractivity contribution in [2.75, 3.05) is 39.2 Å². The fourth-order valence-corrected chi connectivity index (χ4v) is 2.39. The zero-order chi connectivity index (χ0) is 11.9. The zero-order valence-corrected chi connectivity index (χ0v) is 11.2. The molecule has 94 valence electrons. The van der Waals surface area contributed by atoms with Crippen molar-refractivity contribution in [1.29, 1.82) is 0 Å². The average molecular weight is 246 g/mol. The molecule has 5 heteroatoms. The Hall–Kier alpha value is -0.260. The standard InChI is InChI=1S/C11H22N2O2S/c1-11(2)9-16-10(13-11)12-5-4-6-15-8-7-14-3/h4-9H2,1-3H3,(H,12,13). The lowest BCUT2D eigenvalue weighted by Crippen LogP contribution is -2.36. The molecular formula is C11H22N2O2S. The molecule has 0 aromatic carbocycles. The summed E-state index contributed by atoms with van der Waals surface area (Å²) >= 11 is 1.80. The maximum absolute atomic E-state index is 5.36. The van der Waals surface area contributed by atoms with Gasteiger partial charge in [0.2, 0.25) is 0 Å². The molecule has 1 heterocycles. The summed E-state index contributed by atoms with van der Waals surface area (Å²) in [6.07, 6.45) is 0.968. The molecule has 1 aliphatic rings. The highest BCUT2D eigenvalue weighted by atomic mass is 32.2. The number of aliphatic imine (C=N–C) groups is 1. The van der Waals surface area contributed by atoms with Gasteiger partial charge in [0, 0.05) is 31.6 Å². The van der Waals surface area contributed by atoms with Crippen molar-refractivity contribution in [3.63, 3.8) is 0 Å². The van der Waals surface area contributed by atoms with Crippen LogP contribution in [0.1, 0.15) is 20.3 Å². The first-order valence-corrected chi connectivity index (χ1v) is 6.65. The third-order valence-electron chi connectivity index (χ3n) is 2.15. The summed E-state index contributed by atoms with van der Waals surface area (Å²) in [4.78, 5) is 4.49. The van der Waals surface area contributed by atoms with Crippen molar-refractivity contribution in [3.05, 3.63) is 0 Å². The van der Waals surface area contributed by atoms with E-state index in [9.17, 15) is 0 Å². The fraction of sp³-hybridized carbons (Fsp3) is 0.909. The van der Waals surface area contributed by atoms with Crippen molar-refractivity contribution in [1.82, 2.24) is 5.32 Å². The second kappa shape index (κ2) is 7.14. The molecule has 0 aromatic rings. The molecule has 0 atom stereocenters. The Labute approximate surface area is 102 Å². The molecule has 1 fully saturated rings. The Balaban J connectivity index is 2.00. The molecule has 0 unspecified atom stereocenters. The molecule has 0 spiro atoms. The summed E-state index contributed by atoms with van der Waals surface area (Å²) in [5.74, 6) is 1.09. The Kier molecular flexibility index (Phi) is 6.16. The maximum atomic E-state index is 5.36. The van der Waals surface area contributed by atoms with Gasteiger partial charge in [-0.2, -0.15) is 0 Å². The SMILES string of the molecule is COCCOCCCN=C1NC(C)(C)CS1. The van der Waals surface area contributed by atoms with E-state index >= 15 is 0 Å². The molecule has 16 heavy (non-hydrogen) atoms. The van der Waals surface area contributed by atoms with Crippen LogP contribution in [-0.4, -0.2) is 49.9 Å². The Morgan fingerprint density at radius 3 is 2.81 bits per heavy atom. The largest absolute Gasteiger partial charge is 0.382 e. The minimum absolute atomic E-state index is 0.193. The molecule has 1 rings (SSSR count). The predicted octanol–water partition coefficient (Wildman–Crippen LogP) is 1.51. The number of hydrogen-bond acceptors (Lipinski definition) is 4. The number of ether oxygens (including phenoxy) is 2. The minimum Gasteiger partial charge on any atom is -0.382 e. The lowest BCUT2D eigenvalue weighted by atomic mass is 10.1. The van der Waals surface area contributed by atoms with Gasteiger partial charge in [0.15, 0.2) is 5.17 Å². The van der Waals surface area contributed by atoms with Gasteiger partial charge in [-0.05, 0) is 20.3 Å². The predicted molar refractivity (Wildman–Crippen MR) is 69.3 cm³/mol. The van der Waals surface area contributed by atoms with E-state index in [4.69, 9.17) is 9.47 Å². The van der Waals surface area contributed by atoms with Gasteiger partial charge in [0.1, 0.15) is 0 Å². The van der Waals surface area contributed by atoms with Crippen molar-refractivity contribution in [2.45, 2.75) is 25.8 Å². The van der Waals surface area contributed by atoms with E-state index in [0.29, 0.717) is 13.2 Å². The smallest absolute Gasteiger partial charge is 0.157 e. The van der Waals surface area contributed by atoms with Gasteiger partial charge < -0.3 is 14.8 Å². The summed E-state index contributed by atoms with van der Waals surface area (Å²) in [5, 5.41) is 4.46. The van der Waals surface area contributed by atoms with Crippen molar-refractivity contribution >= 4 is 16.9 Å². The van der Waals surface area contributed by atoms with Crippen LogP contribution in [0.3, 0.4) is 0 Å². The number of hydrogen-bond donors (Lipinski definition) is 1. The summed E-state index contributed by atoms with van der Waals surface area (Å²) in [7, 11) is 1.68. The molecule has 1 aliphatic heterocycles. The van der Waals surface area contributed by atoms with Gasteiger partial charge in [-0.3, -0.25) is 4.99 Å². The van der Waals surface area contributed by atoms with Gasteiger partial charge in [-0.1, -0.05) is 11.8 Å². The topological polar surface area (TPSA) is 42.9 Å². The first-order chi connectivity index (χ1) is 7.64. The summed E-state index contributed by atoms with van der Waals surface area (Å²) in [6.45, 7) is 7.31. The lowest BCUT2D eigenvalue weighted by molar-refractivity contribution is 0.0702.